The van der Waals surface area contributed by atoms with Gasteiger partial charge in [-0.25, -0.2) is 8.78 Å². The summed E-state index contributed by atoms with van der Waals surface area (Å²) >= 11 is 5.78. The Morgan fingerprint density at radius 1 is 1.13 bits per heavy atom. The van der Waals surface area contributed by atoms with Crippen molar-refractivity contribution in [2.75, 3.05) is 0 Å². The monoisotopic (exact) mass is 334 g/mol. The predicted octanol–water partition coefficient (Wildman–Crippen LogP) is 3.02. The van der Waals surface area contributed by atoms with E-state index >= 15 is 0 Å². The van der Waals surface area contributed by atoms with Gasteiger partial charge in [-0.05, 0) is 36.4 Å². The molecule has 2 aromatic carbocycles. The number of aromatic nitrogens is 1. The molecule has 116 valence electrons. The molecule has 0 aliphatic carbocycles. The molecule has 0 fully saturated rings. The van der Waals surface area contributed by atoms with Crippen LogP contribution in [0.15, 0.2) is 47.4 Å². The van der Waals surface area contributed by atoms with Crippen LogP contribution in [0.3, 0.4) is 0 Å². The van der Waals surface area contributed by atoms with Crippen molar-refractivity contribution in [1.82, 2.24) is 4.57 Å². The third-order valence-corrected chi connectivity index (χ3v) is 3.71. The van der Waals surface area contributed by atoms with Gasteiger partial charge in [-0.1, -0.05) is 11.6 Å². The Labute approximate surface area is 133 Å². The molecule has 0 spiro atoms. The van der Waals surface area contributed by atoms with Crippen molar-refractivity contribution >= 4 is 28.4 Å². The standard InChI is InChI=1S/C16H9ClF2N2O2/c17-12-6-14-10(5-13(12)19)15(22)11(16(20)23)7-21(14)9-3-1-8(18)2-4-9/h1-7H,(H2,20,23). The van der Waals surface area contributed by atoms with Gasteiger partial charge in [-0.3, -0.25) is 9.59 Å². The summed E-state index contributed by atoms with van der Waals surface area (Å²) in [5.74, 6) is -2.18. The number of fused-ring (bicyclic) bond motifs is 1. The van der Waals surface area contributed by atoms with Crippen molar-refractivity contribution < 1.29 is 13.6 Å². The molecule has 0 unspecified atom stereocenters. The summed E-state index contributed by atoms with van der Waals surface area (Å²) in [4.78, 5) is 23.8. The number of primary amides is 1. The van der Waals surface area contributed by atoms with E-state index in [4.69, 9.17) is 17.3 Å². The van der Waals surface area contributed by atoms with E-state index in [1.807, 2.05) is 0 Å². The largest absolute Gasteiger partial charge is 0.365 e. The van der Waals surface area contributed by atoms with Gasteiger partial charge in [0.15, 0.2) is 0 Å². The van der Waals surface area contributed by atoms with E-state index in [0.29, 0.717) is 5.69 Å². The number of halogens is 3. The molecule has 4 nitrogen and oxygen atoms in total. The van der Waals surface area contributed by atoms with Gasteiger partial charge in [0.1, 0.15) is 17.2 Å². The number of carbonyl (C=O) groups excluding carboxylic acids is 1. The summed E-state index contributed by atoms with van der Waals surface area (Å²) in [6, 6.07) is 7.54. The highest BCUT2D eigenvalue weighted by molar-refractivity contribution is 6.31. The van der Waals surface area contributed by atoms with Gasteiger partial charge < -0.3 is 10.3 Å². The van der Waals surface area contributed by atoms with Crippen LogP contribution in [0.1, 0.15) is 10.4 Å². The number of nitrogens with two attached hydrogens (primary N) is 1. The molecule has 3 aromatic rings. The first-order chi connectivity index (χ1) is 10.9. The Kier molecular flexibility index (Phi) is 3.61. The molecule has 0 atom stereocenters. The van der Waals surface area contributed by atoms with Gasteiger partial charge in [-0.15, -0.1) is 0 Å². The minimum absolute atomic E-state index is 0.0486. The Morgan fingerprint density at radius 3 is 2.39 bits per heavy atom. The van der Waals surface area contributed by atoms with Crippen molar-refractivity contribution in [1.29, 1.82) is 0 Å². The van der Waals surface area contributed by atoms with Gasteiger partial charge in [0.05, 0.1) is 10.5 Å². The molecule has 1 amide bonds. The van der Waals surface area contributed by atoms with Crippen molar-refractivity contribution in [2.24, 2.45) is 5.73 Å². The Balaban J connectivity index is 2.46. The van der Waals surface area contributed by atoms with Crippen LogP contribution in [0, 0.1) is 11.6 Å². The van der Waals surface area contributed by atoms with Gasteiger partial charge in [0.25, 0.3) is 5.91 Å². The first-order valence-electron chi connectivity index (χ1n) is 6.48. The zero-order valence-corrected chi connectivity index (χ0v) is 12.3. The smallest absolute Gasteiger partial charge is 0.254 e. The van der Waals surface area contributed by atoms with Crippen LogP contribution in [0.4, 0.5) is 8.78 Å². The predicted molar refractivity (Wildman–Crippen MR) is 83.0 cm³/mol. The summed E-state index contributed by atoms with van der Waals surface area (Å²) in [5.41, 5.74) is 4.95. The fourth-order valence-electron chi connectivity index (χ4n) is 2.31. The lowest BCUT2D eigenvalue weighted by molar-refractivity contribution is 0.0999. The molecule has 1 heterocycles. The van der Waals surface area contributed by atoms with Crippen LogP contribution in [-0.4, -0.2) is 10.5 Å². The highest BCUT2D eigenvalue weighted by Crippen LogP contribution is 2.24. The van der Waals surface area contributed by atoms with E-state index in [-0.39, 0.29) is 21.5 Å². The third kappa shape index (κ3) is 2.57. The van der Waals surface area contributed by atoms with Crippen LogP contribution >= 0.6 is 11.6 Å². The summed E-state index contributed by atoms with van der Waals surface area (Å²) < 4.78 is 28.2. The fourth-order valence-corrected chi connectivity index (χ4v) is 2.47. The van der Waals surface area contributed by atoms with Crippen LogP contribution in [0.25, 0.3) is 16.6 Å². The maximum Gasteiger partial charge on any atom is 0.254 e. The summed E-state index contributed by atoms with van der Waals surface area (Å²) in [6.45, 7) is 0. The number of nitrogens with zero attached hydrogens (tertiary/aromatic N) is 1. The third-order valence-electron chi connectivity index (χ3n) is 3.42. The number of hydrogen-bond donors (Lipinski definition) is 1. The maximum atomic E-state index is 13.7. The highest BCUT2D eigenvalue weighted by atomic mass is 35.5. The lowest BCUT2D eigenvalue weighted by atomic mass is 10.1. The van der Waals surface area contributed by atoms with Crippen molar-refractivity contribution in [3.8, 4) is 5.69 Å². The van der Waals surface area contributed by atoms with E-state index < -0.39 is 23.0 Å². The fraction of sp³-hybridized carbons (Fsp3) is 0. The van der Waals surface area contributed by atoms with Gasteiger partial charge >= 0.3 is 0 Å². The van der Waals surface area contributed by atoms with E-state index in [1.54, 1.807) is 0 Å². The van der Waals surface area contributed by atoms with Crippen LogP contribution in [0.2, 0.25) is 5.02 Å². The molecule has 0 saturated carbocycles. The second kappa shape index (κ2) is 5.48. The molecule has 0 aliphatic heterocycles. The zero-order chi connectivity index (χ0) is 16.7. The minimum atomic E-state index is -0.942. The average molecular weight is 335 g/mol. The number of benzene rings is 2. The van der Waals surface area contributed by atoms with Crippen molar-refractivity contribution in [3.05, 3.63) is 75.0 Å². The van der Waals surface area contributed by atoms with E-state index in [1.165, 1.54) is 41.1 Å². The molecule has 2 N–H and O–H groups in total. The number of carbonyl (C=O) groups is 1. The zero-order valence-electron chi connectivity index (χ0n) is 11.5. The Morgan fingerprint density at radius 2 is 1.78 bits per heavy atom. The number of hydrogen-bond acceptors (Lipinski definition) is 2. The number of pyridine rings is 1. The van der Waals surface area contributed by atoms with Crippen molar-refractivity contribution in [3.63, 3.8) is 0 Å². The molecule has 0 bridgehead atoms. The highest BCUT2D eigenvalue weighted by Gasteiger charge is 2.16. The maximum absolute atomic E-state index is 13.7. The normalized spacial score (nSPS) is 10.9. The molecule has 0 aliphatic rings. The van der Waals surface area contributed by atoms with Gasteiger partial charge in [0, 0.05) is 17.3 Å². The van der Waals surface area contributed by atoms with Crippen LogP contribution in [-0.2, 0) is 0 Å². The molecule has 1 aromatic heterocycles. The van der Waals surface area contributed by atoms with E-state index in [2.05, 4.69) is 0 Å². The second-order valence-corrected chi connectivity index (χ2v) is 5.27. The number of rotatable bonds is 2. The van der Waals surface area contributed by atoms with Crippen LogP contribution < -0.4 is 11.2 Å². The Bertz CT molecular complexity index is 998. The first kappa shape index (κ1) is 15.2. The molecule has 23 heavy (non-hydrogen) atoms. The lowest BCUT2D eigenvalue weighted by Gasteiger charge is -2.13. The molecular formula is C16H9ClF2N2O2. The van der Waals surface area contributed by atoms with Crippen LogP contribution in [0.5, 0.6) is 0 Å². The van der Waals surface area contributed by atoms with Crippen molar-refractivity contribution in [2.45, 2.75) is 0 Å². The topological polar surface area (TPSA) is 65.1 Å². The van der Waals surface area contributed by atoms with E-state index in [0.717, 1.165) is 6.07 Å². The molecule has 0 radical (unpaired) electrons. The average Bonchev–Trinajstić information content (AvgIpc) is 2.50. The summed E-state index contributed by atoms with van der Waals surface area (Å²) in [5, 5.41) is -0.230. The molecule has 0 saturated heterocycles. The van der Waals surface area contributed by atoms with Gasteiger partial charge in [-0.2, -0.15) is 0 Å². The first-order valence-corrected chi connectivity index (χ1v) is 6.86. The molecule has 3 rings (SSSR count). The summed E-state index contributed by atoms with van der Waals surface area (Å²) in [6.07, 6.45) is 1.23. The minimum Gasteiger partial charge on any atom is -0.365 e. The van der Waals surface area contributed by atoms with E-state index in [9.17, 15) is 18.4 Å². The molecular weight excluding hydrogens is 326 g/mol. The quantitative estimate of drug-likeness (QED) is 0.783. The SMILES string of the molecule is NC(=O)c1cn(-c2ccc(F)cc2)c2cc(Cl)c(F)cc2c1=O. The summed E-state index contributed by atoms with van der Waals surface area (Å²) in [7, 11) is 0. The Hall–Kier alpha value is -2.73. The molecule has 7 heteroatoms. The lowest BCUT2D eigenvalue weighted by Crippen LogP contribution is -2.24. The number of amides is 1. The van der Waals surface area contributed by atoms with Gasteiger partial charge in [0.2, 0.25) is 5.43 Å². The second-order valence-electron chi connectivity index (χ2n) is 4.87.